The summed E-state index contributed by atoms with van der Waals surface area (Å²) < 4.78 is 1.55. The quantitative estimate of drug-likeness (QED) is 0.657. The zero-order valence-electron chi connectivity index (χ0n) is 15.7. The normalized spacial score (nSPS) is 16.7. The second-order valence-electron chi connectivity index (χ2n) is 7.17. The van der Waals surface area contributed by atoms with Gasteiger partial charge in [-0.15, -0.1) is 0 Å². The van der Waals surface area contributed by atoms with Crippen molar-refractivity contribution in [3.8, 4) is 0 Å². The van der Waals surface area contributed by atoms with Crippen LogP contribution < -0.4 is 5.32 Å². The molecule has 1 aliphatic carbocycles. The fraction of sp³-hybridized carbons (Fsp3) is 0.476. The number of imidazole rings is 1. The van der Waals surface area contributed by atoms with Gasteiger partial charge < -0.3 is 15.0 Å². The van der Waals surface area contributed by atoms with E-state index in [1.165, 1.54) is 11.9 Å². The number of fused-ring (bicyclic) bond motifs is 1. The lowest BCUT2D eigenvalue weighted by atomic mass is 10.1. The number of nitrogens with zero attached hydrogens (tertiary/aromatic N) is 2. The Balaban J connectivity index is 1.64. The number of aromatic nitrogens is 2. The smallest absolute Gasteiger partial charge is 0.326 e. The number of carbonyl (C=O) groups is 2. The first-order chi connectivity index (χ1) is 13.1. The van der Waals surface area contributed by atoms with Gasteiger partial charge in [-0.2, -0.15) is 0 Å². The van der Waals surface area contributed by atoms with Crippen LogP contribution in [0.5, 0.6) is 0 Å². The van der Waals surface area contributed by atoms with E-state index >= 15 is 0 Å². The molecule has 2 unspecified atom stereocenters. The number of aliphatic carboxylic acids is 1. The molecule has 1 aromatic carbocycles. The summed E-state index contributed by atoms with van der Waals surface area (Å²) in [6.07, 6.45) is 9.46. The summed E-state index contributed by atoms with van der Waals surface area (Å²) in [5.74, 6) is -1.15. The molecule has 2 aromatic rings. The van der Waals surface area contributed by atoms with Crippen LogP contribution in [0.1, 0.15) is 79.1 Å². The first-order valence-corrected chi connectivity index (χ1v) is 9.75. The lowest BCUT2D eigenvalue weighted by Gasteiger charge is -2.14. The third kappa shape index (κ3) is 4.56. The summed E-state index contributed by atoms with van der Waals surface area (Å²) in [4.78, 5) is 28.3. The molecule has 0 saturated carbocycles. The van der Waals surface area contributed by atoms with Crippen molar-refractivity contribution in [1.82, 2.24) is 14.9 Å². The lowest BCUT2D eigenvalue weighted by Crippen LogP contribution is -2.27. The molecule has 0 fully saturated rings. The Kier molecular flexibility index (Phi) is 6.27. The zero-order chi connectivity index (χ0) is 19.2. The molecule has 6 nitrogen and oxygen atoms in total. The average molecular weight is 369 g/mol. The van der Waals surface area contributed by atoms with Gasteiger partial charge in [-0.3, -0.25) is 4.79 Å². The number of hydrogen-bond donors (Lipinski definition) is 2. The summed E-state index contributed by atoms with van der Waals surface area (Å²) in [6.45, 7) is 2.12. The Bertz CT molecular complexity index is 799. The second kappa shape index (κ2) is 8.84. The summed E-state index contributed by atoms with van der Waals surface area (Å²) in [5.41, 5.74) is 2.69. The highest BCUT2D eigenvalue weighted by molar-refractivity contribution is 5.92. The third-order valence-electron chi connectivity index (χ3n) is 5.25. The van der Waals surface area contributed by atoms with E-state index in [0.717, 1.165) is 44.1 Å². The molecule has 1 heterocycles. The van der Waals surface area contributed by atoms with Crippen LogP contribution in [-0.4, -0.2) is 26.5 Å². The van der Waals surface area contributed by atoms with E-state index in [1.54, 1.807) is 10.8 Å². The molecule has 0 bridgehead atoms. The Hall–Kier alpha value is -2.63. The van der Waals surface area contributed by atoms with Crippen LogP contribution in [0.25, 0.3) is 0 Å². The van der Waals surface area contributed by atoms with Gasteiger partial charge >= 0.3 is 5.97 Å². The van der Waals surface area contributed by atoms with Crippen molar-refractivity contribution < 1.29 is 14.7 Å². The number of carbonyl (C=O) groups excluding carboxylic acids is 1. The Labute approximate surface area is 159 Å². The highest BCUT2D eigenvalue weighted by atomic mass is 16.4. The standard InChI is InChI=1S/C21H27N3O3/c1-2-3-4-5-10-19(21(26)27)24-13-18(22-14-24)20(25)23-17-12-11-15-8-6-7-9-16(15)17/h6-9,13-14,17,19H,2-5,10-12H2,1H3,(H,23,25)(H,26,27). The Morgan fingerprint density at radius 2 is 2.11 bits per heavy atom. The van der Waals surface area contributed by atoms with Gasteiger partial charge in [0.1, 0.15) is 11.7 Å². The predicted octanol–water partition coefficient (Wildman–Crippen LogP) is 3.90. The van der Waals surface area contributed by atoms with Crippen molar-refractivity contribution in [2.75, 3.05) is 0 Å². The highest BCUT2D eigenvalue weighted by Gasteiger charge is 2.25. The van der Waals surface area contributed by atoms with Crippen LogP contribution in [0.3, 0.4) is 0 Å². The fourth-order valence-corrected chi connectivity index (χ4v) is 3.73. The van der Waals surface area contributed by atoms with E-state index in [0.29, 0.717) is 6.42 Å². The SMILES string of the molecule is CCCCCCC(C(=O)O)n1cnc(C(=O)NC2CCc3ccccc32)c1. The molecular weight excluding hydrogens is 342 g/mol. The predicted molar refractivity (Wildman–Crippen MR) is 103 cm³/mol. The van der Waals surface area contributed by atoms with Crippen LogP contribution >= 0.6 is 0 Å². The Morgan fingerprint density at radius 3 is 2.89 bits per heavy atom. The highest BCUT2D eigenvalue weighted by Crippen LogP contribution is 2.30. The maximum Gasteiger partial charge on any atom is 0.326 e. The summed E-state index contributed by atoms with van der Waals surface area (Å²) in [5, 5.41) is 12.6. The molecule has 144 valence electrons. The zero-order valence-corrected chi connectivity index (χ0v) is 15.7. The third-order valence-corrected chi connectivity index (χ3v) is 5.25. The van der Waals surface area contributed by atoms with E-state index in [1.807, 2.05) is 18.2 Å². The van der Waals surface area contributed by atoms with Gasteiger partial charge in [0.25, 0.3) is 5.91 Å². The maximum absolute atomic E-state index is 12.6. The van der Waals surface area contributed by atoms with Crippen molar-refractivity contribution in [1.29, 1.82) is 0 Å². The second-order valence-corrected chi connectivity index (χ2v) is 7.17. The fourth-order valence-electron chi connectivity index (χ4n) is 3.73. The molecule has 0 radical (unpaired) electrons. The number of carboxylic acid groups (broad SMARTS) is 1. The number of hydrogen-bond acceptors (Lipinski definition) is 3. The van der Waals surface area contributed by atoms with E-state index < -0.39 is 12.0 Å². The average Bonchev–Trinajstić information content (AvgIpc) is 3.29. The number of aryl methyl sites for hydroxylation is 1. The molecule has 2 atom stereocenters. The number of carboxylic acids is 1. The molecule has 0 spiro atoms. The topological polar surface area (TPSA) is 84.2 Å². The van der Waals surface area contributed by atoms with Crippen molar-refractivity contribution in [2.45, 2.75) is 64.0 Å². The van der Waals surface area contributed by atoms with Crippen molar-refractivity contribution in [3.05, 3.63) is 53.6 Å². The summed E-state index contributed by atoms with van der Waals surface area (Å²) in [7, 11) is 0. The van der Waals surface area contributed by atoms with Gasteiger partial charge in [-0.1, -0.05) is 56.9 Å². The van der Waals surface area contributed by atoms with Crippen LogP contribution in [0, 0.1) is 0 Å². The number of amides is 1. The molecule has 0 aliphatic heterocycles. The molecule has 0 saturated heterocycles. The van der Waals surface area contributed by atoms with Gasteiger partial charge in [0.2, 0.25) is 0 Å². The van der Waals surface area contributed by atoms with Crippen molar-refractivity contribution in [3.63, 3.8) is 0 Å². The minimum absolute atomic E-state index is 0.0110. The van der Waals surface area contributed by atoms with Gasteiger partial charge in [-0.25, -0.2) is 9.78 Å². The summed E-state index contributed by atoms with van der Waals surface area (Å²) in [6, 6.07) is 7.44. The number of benzene rings is 1. The lowest BCUT2D eigenvalue weighted by molar-refractivity contribution is -0.141. The maximum atomic E-state index is 12.6. The van der Waals surface area contributed by atoms with Gasteiger partial charge in [0, 0.05) is 6.20 Å². The molecule has 2 N–H and O–H groups in total. The van der Waals surface area contributed by atoms with E-state index in [9.17, 15) is 14.7 Å². The molecule has 1 aromatic heterocycles. The largest absolute Gasteiger partial charge is 0.480 e. The van der Waals surface area contributed by atoms with Gasteiger partial charge in [0.05, 0.1) is 12.4 Å². The minimum Gasteiger partial charge on any atom is -0.480 e. The van der Waals surface area contributed by atoms with E-state index in [2.05, 4.69) is 23.3 Å². The van der Waals surface area contributed by atoms with Crippen molar-refractivity contribution in [2.24, 2.45) is 0 Å². The first-order valence-electron chi connectivity index (χ1n) is 9.75. The van der Waals surface area contributed by atoms with Gasteiger partial charge in [-0.05, 0) is 30.4 Å². The molecular formula is C21H27N3O3. The number of rotatable bonds is 9. The minimum atomic E-state index is -0.888. The molecule has 1 amide bonds. The first kappa shape index (κ1) is 19.1. The van der Waals surface area contributed by atoms with E-state index in [4.69, 9.17) is 0 Å². The van der Waals surface area contributed by atoms with E-state index in [-0.39, 0.29) is 17.6 Å². The van der Waals surface area contributed by atoms with Crippen LogP contribution in [-0.2, 0) is 11.2 Å². The molecule has 27 heavy (non-hydrogen) atoms. The molecule has 6 heteroatoms. The molecule has 1 aliphatic rings. The number of unbranched alkanes of at least 4 members (excludes halogenated alkanes) is 3. The summed E-state index contributed by atoms with van der Waals surface area (Å²) >= 11 is 0. The Morgan fingerprint density at radius 1 is 1.30 bits per heavy atom. The van der Waals surface area contributed by atoms with Crippen LogP contribution in [0.2, 0.25) is 0 Å². The van der Waals surface area contributed by atoms with Crippen molar-refractivity contribution >= 4 is 11.9 Å². The van der Waals surface area contributed by atoms with Crippen LogP contribution in [0.4, 0.5) is 0 Å². The van der Waals surface area contributed by atoms with Crippen LogP contribution in [0.15, 0.2) is 36.8 Å². The van der Waals surface area contributed by atoms with Gasteiger partial charge in [0.15, 0.2) is 0 Å². The molecule has 3 rings (SSSR count). The monoisotopic (exact) mass is 369 g/mol. The number of nitrogens with one attached hydrogen (secondary N) is 1.